The summed E-state index contributed by atoms with van der Waals surface area (Å²) in [4.78, 5) is 62.0. The minimum Gasteiger partial charge on any atom is -0.497 e. The van der Waals surface area contributed by atoms with Gasteiger partial charge in [-0.3, -0.25) is 19.1 Å². The molecule has 0 spiro atoms. The van der Waals surface area contributed by atoms with Gasteiger partial charge in [0.25, 0.3) is 5.91 Å². The summed E-state index contributed by atoms with van der Waals surface area (Å²) < 4.78 is 90.8. The van der Waals surface area contributed by atoms with E-state index in [2.05, 4.69) is 20.3 Å². The average Bonchev–Trinajstić information content (AvgIpc) is 4.04. The van der Waals surface area contributed by atoms with E-state index in [0.29, 0.717) is 68.2 Å². The summed E-state index contributed by atoms with van der Waals surface area (Å²) in [5.74, 6) is -2.65. The number of nitrogens with zero attached hydrogens (tertiary/aromatic N) is 2. The van der Waals surface area contributed by atoms with Crippen molar-refractivity contribution in [2.24, 2.45) is 17.8 Å². The second-order valence-electron chi connectivity index (χ2n) is 17.0. The molecule has 2 aliphatic carbocycles. The van der Waals surface area contributed by atoms with E-state index in [1.54, 1.807) is 31.2 Å². The molecule has 3 N–H and O–H groups in total. The van der Waals surface area contributed by atoms with Gasteiger partial charge in [-0.25, -0.2) is 18.2 Å². The second-order valence-corrected chi connectivity index (χ2v) is 19.2. The molecular weight excluding hydrogens is 800 g/mol. The summed E-state index contributed by atoms with van der Waals surface area (Å²) in [6, 6.07) is 2.34. The summed E-state index contributed by atoms with van der Waals surface area (Å²) >= 11 is 0. The van der Waals surface area contributed by atoms with Gasteiger partial charge in [-0.1, -0.05) is 26.0 Å². The molecule has 1 saturated heterocycles. The predicted octanol–water partition coefficient (Wildman–Crippen LogP) is 4.92. The minimum atomic E-state index is -4.92. The number of amides is 4. The maximum absolute atomic E-state index is 14.8. The third kappa shape index (κ3) is 8.89. The van der Waals surface area contributed by atoms with E-state index >= 15 is 0 Å². The molecule has 7 atom stereocenters. The van der Waals surface area contributed by atoms with Crippen LogP contribution in [0.5, 0.6) is 17.4 Å². The van der Waals surface area contributed by atoms with E-state index in [4.69, 9.17) is 18.9 Å². The summed E-state index contributed by atoms with van der Waals surface area (Å²) in [5, 5.41) is 6.29. The Balaban J connectivity index is 1.36. The Morgan fingerprint density at radius 3 is 2.41 bits per heavy atom. The summed E-state index contributed by atoms with van der Waals surface area (Å²) in [6.45, 7) is 6.29. The van der Waals surface area contributed by atoms with Crippen LogP contribution in [0.25, 0.3) is 10.8 Å². The Morgan fingerprint density at radius 2 is 1.76 bits per heavy atom. The molecule has 59 heavy (non-hydrogen) atoms. The van der Waals surface area contributed by atoms with Gasteiger partial charge in [-0.05, 0) is 89.3 Å². The molecule has 0 radical (unpaired) electrons. The molecule has 6 rings (SSSR count). The fourth-order valence-corrected chi connectivity index (χ4v) is 9.07. The number of pyridine rings is 1. The van der Waals surface area contributed by atoms with Gasteiger partial charge in [0.05, 0.1) is 31.7 Å². The molecule has 3 heterocycles. The maximum atomic E-state index is 14.8. The molecule has 4 aliphatic rings. The Kier molecular flexibility index (Phi) is 11.9. The van der Waals surface area contributed by atoms with E-state index in [1.807, 2.05) is 13.0 Å². The largest absolute Gasteiger partial charge is 0.497 e. The van der Waals surface area contributed by atoms with Crippen molar-refractivity contribution in [2.45, 2.75) is 120 Å². The number of sulfonamides is 1. The molecular formula is C40H52F3N5O10S. The van der Waals surface area contributed by atoms with E-state index in [9.17, 15) is 40.8 Å². The lowest BCUT2D eigenvalue weighted by Crippen LogP contribution is -2.59. The summed E-state index contributed by atoms with van der Waals surface area (Å²) in [6.07, 6.45) is -0.0235. The highest BCUT2D eigenvalue weighted by Crippen LogP contribution is 2.48. The number of rotatable bonds is 9. The first-order chi connectivity index (χ1) is 27.5. The Hall–Kier alpha value is -4.81. The number of allylic oxidation sites excluding steroid dienone is 1. The van der Waals surface area contributed by atoms with Crippen molar-refractivity contribution >= 4 is 44.6 Å². The van der Waals surface area contributed by atoms with Gasteiger partial charge in [-0.2, -0.15) is 13.2 Å². The monoisotopic (exact) mass is 851 g/mol. The van der Waals surface area contributed by atoms with Gasteiger partial charge in [0.1, 0.15) is 35.2 Å². The van der Waals surface area contributed by atoms with Crippen LogP contribution in [-0.4, -0.2) is 103 Å². The van der Waals surface area contributed by atoms with Crippen molar-refractivity contribution in [2.75, 3.05) is 20.8 Å². The number of carbonyl (C=O) groups is 4. The van der Waals surface area contributed by atoms with Gasteiger partial charge in [0.15, 0.2) is 0 Å². The number of fused-ring (bicyclic) bond motifs is 3. The maximum Gasteiger partial charge on any atom is 0.427 e. The topological polar surface area (TPSA) is 192 Å². The first-order valence-corrected chi connectivity index (χ1v) is 21.1. The number of carbonyl (C=O) groups excluding carboxylic acids is 4. The van der Waals surface area contributed by atoms with Crippen molar-refractivity contribution < 1.29 is 59.7 Å². The molecule has 1 aromatic carbocycles. The zero-order valence-electron chi connectivity index (χ0n) is 34.1. The van der Waals surface area contributed by atoms with Crippen LogP contribution in [0.2, 0.25) is 0 Å². The first-order valence-electron chi connectivity index (χ1n) is 19.6. The van der Waals surface area contributed by atoms with Gasteiger partial charge >= 0.3 is 12.3 Å². The van der Waals surface area contributed by atoms with Crippen molar-refractivity contribution in [3.63, 3.8) is 0 Å². The van der Waals surface area contributed by atoms with E-state index in [0.717, 1.165) is 0 Å². The van der Waals surface area contributed by atoms with Crippen molar-refractivity contribution in [3.05, 3.63) is 36.5 Å². The van der Waals surface area contributed by atoms with E-state index < -0.39 is 85.9 Å². The third-order valence-electron chi connectivity index (χ3n) is 12.1. The van der Waals surface area contributed by atoms with Gasteiger partial charge in [0, 0.05) is 23.1 Å². The second kappa shape index (κ2) is 16.0. The highest BCUT2D eigenvalue weighted by Gasteiger charge is 2.63. The Bertz CT molecular complexity index is 2130. The lowest BCUT2D eigenvalue weighted by atomic mass is 9.88. The number of ether oxygens (including phenoxy) is 4. The lowest BCUT2D eigenvalue weighted by Gasteiger charge is -2.34. The number of alkyl halides is 3. The van der Waals surface area contributed by atoms with Gasteiger partial charge in [0.2, 0.25) is 33.3 Å². The van der Waals surface area contributed by atoms with Gasteiger partial charge < -0.3 is 34.5 Å². The molecule has 0 bridgehead atoms. The number of halogens is 3. The standard InChI is InChI=1S/C40H52F3N5O10S/c1-22-10-8-9-11-24-19-39(24,35(51)47-59(53,54)38(5)14-15-38)46-32(49)29-18-26(57-33-27-13-12-25(55-6)17-28(27)30(56-7)20-44-33)21-48(29)34(50)31(23(2)16-22)45-36(52)58-37(3,4)40(41,42)43/h9,11-13,17,20,22-24,26,29,31H,8,10,14-16,18-19,21H2,1-7H3,(H,45,52)(H,46,49)(H,47,51)/b11-9-/t22-,23-,24-,26-,29+,31+,39-/m1/s1. The van der Waals surface area contributed by atoms with E-state index in [-0.39, 0.29) is 31.2 Å². The normalized spacial score (nSPS) is 29.1. The highest BCUT2D eigenvalue weighted by atomic mass is 32.2. The molecule has 2 aliphatic heterocycles. The quantitative estimate of drug-likeness (QED) is 0.290. The van der Waals surface area contributed by atoms with Crippen LogP contribution >= 0.6 is 0 Å². The Morgan fingerprint density at radius 1 is 1.05 bits per heavy atom. The van der Waals surface area contributed by atoms with E-state index in [1.165, 1.54) is 32.2 Å². The van der Waals surface area contributed by atoms with Crippen LogP contribution in [0.15, 0.2) is 36.5 Å². The molecule has 2 saturated carbocycles. The van der Waals surface area contributed by atoms with Crippen LogP contribution in [0.4, 0.5) is 18.0 Å². The van der Waals surface area contributed by atoms with Crippen molar-refractivity contribution in [3.8, 4) is 17.4 Å². The van der Waals surface area contributed by atoms with Crippen LogP contribution in [-0.2, 0) is 29.1 Å². The first kappa shape index (κ1) is 43.8. The highest BCUT2D eigenvalue weighted by molar-refractivity contribution is 7.91. The fraction of sp³-hybridized carbons (Fsp3) is 0.625. The molecule has 324 valence electrons. The molecule has 3 fully saturated rings. The van der Waals surface area contributed by atoms with Crippen LogP contribution in [0, 0.1) is 17.8 Å². The fourth-order valence-electron chi connectivity index (χ4n) is 7.75. The number of methoxy groups -OCH3 is 2. The number of benzene rings is 1. The average molecular weight is 852 g/mol. The zero-order chi connectivity index (χ0) is 43.3. The van der Waals surface area contributed by atoms with Crippen molar-refractivity contribution in [1.29, 1.82) is 0 Å². The summed E-state index contributed by atoms with van der Waals surface area (Å²) in [5.41, 5.74) is -4.55. The number of nitrogens with one attached hydrogen (secondary N) is 3. The molecule has 0 unspecified atom stereocenters. The number of hydrogen-bond acceptors (Lipinski definition) is 11. The number of alkyl carbamates (subject to hydrolysis) is 1. The molecule has 4 amide bonds. The van der Waals surface area contributed by atoms with Gasteiger partial charge in [-0.15, -0.1) is 0 Å². The minimum absolute atomic E-state index is 0.0468. The number of aromatic nitrogens is 1. The molecule has 15 nitrogen and oxygen atoms in total. The number of hydrogen-bond donors (Lipinski definition) is 3. The third-order valence-corrected chi connectivity index (χ3v) is 14.2. The van der Waals surface area contributed by atoms with Crippen LogP contribution in [0.3, 0.4) is 0 Å². The molecule has 2 aromatic rings. The Labute approximate surface area is 341 Å². The predicted molar refractivity (Wildman–Crippen MR) is 208 cm³/mol. The SMILES string of the molecule is COc1ccc2c(O[C@@H]3C[C@H]4C(=O)N[C@]5(C(=O)NS(=O)(=O)C6(C)CC6)C[C@H]5/C=C\CC[C@@H](C)C[C@@H](C)[C@H](NC(=O)OC(C)(C)C(F)(F)F)C(=O)N4C3)ncc(OC)c2c1. The van der Waals surface area contributed by atoms with Crippen LogP contribution in [0.1, 0.15) is 79.6 Å². The van der Waals surface area contributed by atoms with Crippen LogP contribution < -0.4 is 29.6 Å². The molecule has 19 heteroatoms. The smallest absolute Gasteiger partial charge is 0.427 e. The molecule has 1 aromatic heterocycles. The zero-order valence-corrected chi connectivity index (χ0v) is 34.9. The van der Waals surface area contributed by atoms with Crippen molar-refractivity contribution in [1.82, 2.24) is 25.2 Å². The lowest BCUT2D eigenvalue weighted by molar-refractivity contribution is -0.244. The summed E-state index contributed by atoms with van der Waals surface area (Å²) in [7, 11) is -1.10.